The second-order valence-electron chi connectivity index (χ2n) is 14.7. The molecular formula is C53H31N3OS. The van der Waals surface area contributed by atoms with Gasteiger partial charge in [0.25, 0.3) is 0 Å². The Morgan fingerprint density at radius 3 is 1.74 bits per heavy atom. The topological polar surface area (TPSA) is 51.8 Å². The van der Waals surface area contributed by atoms with Crippen molar-refractivity contribution in [2.24, 2.45) is 0 Å². The summed E-state index contributed by atoms with van der Waals surface area (Å²) in [5, 5.41) is 9.14. The van der Waals surface area contributed by atoms with E-state index >= 15 is 0 Å². The maximum absolute atomic E-state index is 6.67. The third kappa shape index (κ3) is 5.32. The van der Waals surface area contributed by atoms with E-state index in [-0.39, 0.29) is 0 Å². The molecule has 0 radical (unpaired) electrons. The Hall–Kier alpha value is -7.47. The minimum Gasteiger partial charge on any atom is -0.456 e. The van der Waals surface area contributed by atoms with Gasteiger partial charge in [0.2, 0.25) is 0 Å². The van der Waals surface area contributed by atoms with Crippen molar-refractivity contribution in [2.75, 3.05) is 0 Å². The summed E-state index contributed by atoms with van der Waals surface area (Å²) >= 11 is 1.79. The Bertz CT molecular complexity index is 3590. The van der Waals surface area contributed by atoms with Crippen molar-refractivity contribution in [3.8, 4) is 56.4 Å². The highest BCUT2D eigenvalue weighted by Crippen LogP contribution is 2.43. The standard InChI is InChI=1S/C53H31N3OS/c1-2-13-33(14-3-1)38-26-27-39(41-17-7-6-16-40(38)41)37-29-45(50-44-19-8-10-20-46(44)57-47(50)30-37)53-55-51(35-23-22-32-12-4-5-15-34(32)28-35)54-52(56-53)36-24-25-43-42-18-9-11-21-48(42)58-49(43)31-36/h1-31H. The monoisotopic (exact) mass is 757 g/mol. The van der Waals surface area contributed by atoms with Gasteiger partial charge < -0.3 is 4.42 Å². The Balaban J connectivity index is 1.12. The molecule has 0 saturated carbocycles. The number of hydrogen-bond donors (Lipinski definition) is 0. The normalized spacial score (nSPS) is 11.8. The minimum absolute atomic E-state index is 0.591. The summed E-state index contributed by atoms with van der Waals surface area (Å²) in [4.78, 5) is 15.9. The van der Waals surface area contributed by atoms with Gasteiger partial charge in [-0.25, -0.2) is 15.0 Å². The van der Waals surface area contributed by atoms with Gasteiger partial charge >= 0.3 is 0 Å². The van der Waals surface area contributed by atoms with Crippen LogP contribution in [0.2, 0.25) is 0 Å². The van der Waals surface area contributed by atoms with E-state index in [1.165, 1.54) is 42.1 Å². The molecule has 0 bridgehead atoms. The van der Waals surface area contributed by atoms with Crippen molar-refractivity contribution < 1.29 is 4.42 Å². The highest BCUT2D eigenvalue weighted by atomic mass is 32.1. The fourth-order valence-electron chi connectivity index (χ4n) is 8.55. The molecule has 270 valence electrons. The molecule has 0 N–H and O–H groups in total. The predicted octanol–water partition coefficient (Wildman–Crippen LogP) is 14.8. The Morgan fingerprint density at radius 2 is 0.931 bits per heavy atom. The van der Waals surface area contributed by atoms with Crippen LogP contribution in [0.3, 0.4) is 0 Å². The molecule has 12 aromatic rings. The fourth-order valence-corrected chi connectivity index (χ4v) is 9.70. The number of furan rings is 1. The number of rotatable bonds is 5. The minimum atomic E-state index is 0.591. The molecule has 0 atom stereocenters. The predicted molar refractivity (Wildman–Crippen MR) is 242 cm³/mol. The SMILES string of the molecule is c1ccc(-c2ccc(-c3cc(-c4nc(-c5ccc6ccccc6c5)nc(-c5ccc6c(c5)sc5ccccc56)n4)c4c(c3)oc3ccccc34)c3ccccc23)cc1. The molecule has 0 aliphatic carbocycles. The average molecular weight is 758 g/mol. The van der Waals surface area contributed by atoms with Crippen molar-refractivity contribution in [1.29, 1.82) is 0 Å². The summed E-state index contributed by atoms with van der Waals surface area (Å²) in [6.07, 6.45) is 0. The van der Waals surface area contributed by atoms with Crippen LogP contribution in [0.1, 0.15) is 0 Å². The van der Waals surface area contributed by atoms with Gasteiger partial charge in [-0.3, -0.25) is 0 Å². The summed E-state index contributed by atoms with van der Waals surface area (Å²) < 4.78 is 9.13. The lowest BCUT2D eigenvalue weighted by Crippen LogP contribution is -2.01. The van der Waals surface area contributed by atoms with Gasteiger partial charge in [-0.1, -0.05) is 152 Å². The van der Waals surface area contributed by atoms with Crippen molar-refractivity contribution in [2.45, 2.75) is 0 Å². The molecule has 0 unspecified atom stereocenters. The van der Waals surface area contributed by atoms with E-state index in [1.54, 1.807) is 11.3 Å². The Labute approximate surface area is 337 Å². The number of fused-ring (bicyclic) bond motifs is 8. The third-order valence-corrected chi connectivity index (χ3v) is 12.5. The van der Waals surface area contributed by atoms with Crippen molar-refractivity contribution in [3.63, 3.8) is 0 Å². The lowest BCUT2D eigenvalue weighted by atomic mass is 9.90. The van der Waals surface area contributed by atoms with E-state index in [0.717, 1.165) is 60.5 Å². The number of benzene rings is 9. The summed E-state index contributed by atoms with van der Waals surface area (Å²) in [5.74, 6) is 1.83. The van der Waals surface area contributed by atoms with Crippen LogP contribution < -0.4 is 0 Å². The maximum atomic E-state index is 6.67. The molecule has 0 aliphatic heterocycles. The van der Waals surface area contributed by atoms with Gasteiger partial charge in [0.15, 0.2) is 17.5 Å². The maximum Gasteiger partial charge on any atom is 0.164 e. The van der Waals surface area contributed by atoms with Crippen molar-refractivity contribution in [1.82, 2.24) is 15.0 Å². The highest BCUT2D eigenvalue weighted by Gasteiger charge is 2.21. The summed E-state index contributed by atoms with van der Waals surface area (Å²) in [5.41, 5.74) is 8.88. The molecule has 9 aromatic carbocycles. The number of nitrogens with zero attached hydrogens (tertiary/aromatic N) is 3. The number of para-hydroxylation sites is 1. The van der Waals surface area contributed by atoms with Crippen molar-refractivity contribution >= 4 is 75.0 Å². The second kappa shape index (κ2) is 13.1. The third-order valence-electron chi connectivity index (χ3n) is 11.3. The van der Waals surface area contributed by atoms with E-state index in [2.05, 4.69) is 176 Å². The van der Waals surface area contributed by atoms with E-state index in [0.29, 0.717) is 17.5 Å². The molecule has 0 fully saturated rings. The van der Waals surface area contributed by atoms with E-state index < -0.39 is 0 Å². The molecule has 58 heavy (non-hydrogen) atoms. The van der Waals surface area contributed by atoms with E-state index in [9.17, 15) is 0 Å². The summed E-state index contributed by atoms with van der Waals surface area (Å²) in [6, 6.07) is 66.3. The smallest absolute Gasteiger partial charge is 0.164 e. The van der Waals surface area contributed by atoms with Gasteiger partial charge in [0.05, 0.1) is 0 Å². The number of aromatic nitrogens is 3. The molecule has 5 heteroatoms. The van der Waals surface area contributed by atoms with Crippen LogP contribution in [0.5, 0.6) is 0 Å². The van der Waals surface area contributed by atoms with Gasteiger partial charge in [-0.05, 0) is 80.2 Å². The van der Waals surface area contributed by atoms with E-state index in [1.807, 2.05) is 12.1 Å². The molecule has 3 heterocycles. The molecule has 3 aromatic heterocycles. The Morgan fingerprint density at radius 1 is 0.328 bits per heavy atom. The lowest BCUT2D eigenvalue weighted by molar-refractivity contribution is 0.669. The van der Waals surface area contributed by atoms with Gasteiger partial charge in [-0.15, -0.1) is 11.3 Å². The van der Waals surface area contributed by atoms with Crippen molar-refractivity contribution in [3.05, 3.63) is 188 Å². The first-order valence-electron chi connectivity index (χ1n) is 19.4. The fraction of sp³-hybridized carbons (Fsp3) is 0. The van der Waals surface area contributed by atoms with Crippen LogP contribution >= 0.6 is 11.3 Å². The molecule has 0 spiro atoms. The zero-order valence-corrected chi connectivity index (χ0v) is 31.9. The molecule has 0 saturated heterocycles. The summed E-state index contributed by atoms with van der Waals surface area (Å²) in [6.45, 7) is 0. The first-order valence-corrected chi connectivity index (χ1v) is 20.2. The van der Waals surface area contributed by atoms with Crippen LogP contribution in [0.15, 0.2) is 192 Å². The summed E-state index contributed by atoms with van der Waals surface area (Å²) in [7, 11) is 0. The molecular weight excluding hydrogens is 727 g/mol. The average Bonchev–Trinajstić information content (AvgIpc) is 3.86. The van der Waals surface area contributed by atoms with Crippen LogP contribution in [0.4, 0.5) is 0 Å². The van der Waals surface area contributed by atoms with Crippen LogP contribution in [-0.2, 0) is 0 Å². The van der Waals surface area contributed by atoms with Crippen LogP contribution in [-0.4, -0.2) is 15.0 Å². The number of thiophene rings is 1. The number of hydrogen-bond acceptors (Lipinski definition) is 5. The molecule has 0 aliphatic rings. The molecule has 12 rings (SSSR count). The van der Waals surface area contributed by atoms with Gasteiger partial charge in [-0.2, -0.15) is 0 Å². The van der Waals surface area contributed by atoms with Gasteiger partial charge in [0, 0.05) is 47.6 Å². The van der Waals surface area contributed by atoms with Gasteiger partial charge in [0.1, 0.15) is 11.2 Å². The second-order valence-corrected chi connectivity index (χ2v) is 15.8. The van der Waals surface area contributed by atoms with E-state index in [4.69, 9.17) is 19.4 Å². The molecule has 0 amide bonds. The lowest BCUT2D eigenvalue weighted by Gasteiger charge is -2.14. The van der Waals surface area contributed by atoms with Crippen LogP contribution in [0.25, 0.3) is 120 Å². The first kappa shape index (κ1) is 32.7. The quantitative estimate of drug-likeness (QED) is 0.175. The van der Waals surface area contributed by atoms with Crippen LogP contribution in [0, 0.1) is 0 Å². The first-order chi connectivity index (χ1) is 28.7. The zero-order chi connectivity index (χ0) is 38.2. The largest absolute Gasteiger partial charge is 0.456 e. The highest BCUT2D eigenvalue weighted by molar-refractivity contribution is 7.25. The zero-order valence-electron chi connectivity index (χ0n) is 31.1. The molecule has 4 nitrogen and oxygen atoms in total. The Kier molecular flexibility index (Phi) is 7.37.